The summed E-state index contributed by atoms with van der Waals surface area (Å²) in [6.45, 7) is 5.60. The molecule has 1 aliphatic heterocycles. The molecule has 5 heteroatoms. The molecule has 5 nitrogen and oxygen atoms in total. The standard InChI is InChI=1S/C28H29NO4/c1-19(2)25-28(22-15-9-5-10-16-22,23-17-11-6-12-18-23)33-27(32)29(25)26(31)20(3)24(30)21-13-7-4-8-14-21/h4-20,24-25,30H,1-3H3/t20-,24+,25+/m1/s1. The van der Waals surface area contributed by atoms with Crippen LogP contribution in [0.1, 0.15) is 43.6 Å². The van der Waals surface area contributed by atoms with Crippen LogP contribution in [0.4, 0.5) is 4.79 Å². The number of carbonyl (C=O) groups excluding carboxylic acids is 2. The lowest BCUT2D eigenvalue weighted by Crippen LogP contribution is -2.51. The van der Waals surface area contributed by atoms with E-state index in [2.05, 4.69) is 0 Å². The maximum atomic E-state index is 13.7. The lowest BCUT2D eigenvalue weighted by molar-refractivity contribution is -0.137. The van der Waals surface area contributed by atoms with Crippen molar-refractivity contribution in [2.45, 2.75) is 38.5 Å². The van der Waals surface area contributed by atoms with E-state index >= 15 is 0 Å². The minimum absolute atomic E-state index is 0.109. The zero-order valence-electron chi connectivity index (χ0n) is 19.1. The zero-order chi connectivity index (χ0) is 23.6. The van der Waals surface area contributed by atoms with Gasteiger partial charge in [-0.2, -0.15) is 0 Å². The van der Waals surface area contributed by atoms with Crippen molar-refractivity contribution >= 4 is 12.0 Å². The van der Waals surface area contributed by atoms with E-state index < -0.39 is 35.7 Å². The maximum absolute atomic E-state index is 13.7. The Morgan fingerprint density at radius 3 is 1.76 bits per heavy atom. The summed E-state index contributed by atoms with van der Waals surface area (Å²) in [6, 6.07) is 27.5. The van der Waals surface area contributed by atoms with E-state index in [1.165, 1.54) is 4.90 Å². The molecule has 0 aliphatic carbocycles. The monoisotopic (exact) mass is 443 g/mol. The number of hydrogen-bond donors (Lipinski definition) is 1. The van der Waals surface area contributed by atoms with Gasteiger partial charge in [0.25, 0.3) is 0 Å². The smallest absolute Gasteiger partial charge is 0.418 e. The third-order valence-electron chi connectivity index (χ3n) is 6.42. The van der Waals surface area contributed by atoms with Gasteiger partial charge in [-0.15, -0.1) is 0 Å². The first-order valence-electron chi connectivity index (χ1n) is 11.3. The molecule has 4 rings (SSSR count). The molecule has 0 aromatic heterocycles. The second kappa shape index (κ2) is 9.20. The second-order valence-electron chi connectivity index (χ2n) is 8.88. The zero-order valence-corrected chi connectivity index (χ0v) is 19.1. The van der Waals surface area contributed by atoms with Crippen LogP contribution in [0, 0.1) is 11.8 Å². The molecule has 1 aliphatic rings. The van der Waals surface area contributed by atoms with E-state index in [1.54, 1.807) is 19.1 Å². The number of cyclic esters (lactones) is 1. The maximum Gasteiger partial charge on any atom is 0.418 e. The molecule has 0 bridgehead atoms. The van der Waals surface area contributed by atoms with Crippen molar-refractivity contribution in [2.24, 2.45) is 11.8 Å². The second-order valence-corrected chi connectivity index (χ2v) is 8.88. The molecular weight excluding hydrogens is 414 g/mol. The van der Waals surface area contributed by atoms with E-state index in [-0.39, 0.29) is 5.92 Å². The molecule has 1 N–H and O–H groups in total. The molecule has 1 fully saturated rings. The largest absolute Gasteiger partial charge is 0.430 e. The van der Waals surface area contributed by atoms with Crippen LogP contribution in [-0.2, 0) is 15.1 Å². The van der Waals surface area contributed by atoms with Crippen molar-refractivity contribution in [3.63, 3.8) is 0 Å². The molecule has 33 heavy (non-hydrogen) atoms. The molecule has 3 aromatic rings. The molecule has 0 saturated carbocycles. The van der Waals surface area contributed by atoms with Crippen LogP contribution >= 0.6 is 0 Å². The normalized spacial score (nSPS) is 19.2. The van der Waals surface area contributed by atoms with Crippen molar-refractivity contribution in [1.29, 1.82) is 0 Å². The van der Waals surface area contributed by atoms with E-state index in [1.807, 2.05) is 92.7 Å². The van der Waals surface area contributed by atoms with Crippen LogP contribution in [0.2, 0.25) is 0 Å². The van der Waals surface area contributed by atoms with Gasteiger partial charge >= 0.3 is 6.09 Å². The Balaban J connectivity index is 1.80. The number of benzene rings is 3. The number of rotatable bonds is 6. The van der Waals surface area contributed by atoms with E-state index in [0.717, 1.165) is 11.1 Å². The Bertz CT molecular complexity index is 1060. The van der Waals surface area contributed by atoms with Gasteiger partial charge in [-0.1, -0.05) is 112 Å². The van der Waals surface area contributed by atoms with Gasteiger partial charge < -0.3 is 9.84 Å². The van der Waals surface area contributed by atoms with Crippen LogP contribution in [0.25, 0.3) is 0 Å². The fraction of sp³-hybridized carbons (Fsp3) is 0.286. The third-order valence-corrected chi connectivity index (χ3v) is 6.42. The summed E-state index contributed by atoms with van der Waals surface area (Å²) in [5.41, 5.74) is 1.08. The summed E-state index contributed by atoms with van der Waals surface area (Å²) < 4.78 is 6.15. The molecule has 0 spiro atoms. The summed E-state index contributed by atoms with van der Waals surface area (Å²) in [6.07, 6.45) is -1.73. The molecule has 2 amide bonds. The molecule has 1 saturated heterocycles. The summed E-state index contributed by atoms with van der Waals surface area (Å²) in [5, 5.41) is 10.9. The summed E-state index contributed by atoms with van der Waals surface area (Å²) in [7, 11) is 0. The van der Waals surface area contributed by atoms with Gasteiger partial charge in [-0.25, -0.2) is 9.69 Å². The highest BCUT2D eigenvalue weighted by Gasteiger charge is 2.59. The fourth-order valence-corrected chi connectivity index (χ4v) is 4.83. The van der Waals surface area contributed by atoms with Gasteiger partial charge in [-0.05, 0) is 11.5 Å². The highest BCUT2D eigenvalue weighted by Crippen LogP contribution is 2.48. The third kappa shape index (κ3) is 3.93. The first-order valence-corrected chi connectivity index (χ1v) is 11.3. The molecule has 0 radical (unpaired) electrons. The summed E-state index contributed by atoms with van der Waals surface area (Å²) in [4.78, 5) is 28.3. The number of aliphatic hydroxyl groups is 1. The fourth-order valence-electron chi connectivity index (χ4n) is 4.83. The molecule has 1 heterocycles. The number of carbonyl (C=O) groups is 2. The van der Waals surface area contributed by atoms with Gasteiger partial charge in [0.2, 0.25) is 5.91 Å². The lowest BCUT2D eigenvalue weighted by Gasteiger charge is -2.38. The summed E-state index contributed by atoms with van der Waals surface area (Å²) in [5.74, 6) is -1.39. The predicted molar refractivity (Wildman–Crippen MR) is 126 cm³/mol. The van der Waals surface area contributed by atoms with E-state index in [4.69, 9.17) is 4.74 Å². The van der Waals surface area contributed by atoms with Crippen LogP contribution in [0.15, 0.2) is 91.0 Å². The Labute approximate surface area is 194 Å². The quantitative estimate of drug-likeness (QED) is 0.561. The Hall–Kier alpha value is -3.44. The number of amides is 2. The Morgan fingerprint density at radius 1 is 0.848 bits per heavy atom. The van der Waals surface area contributed by atoms with Crippen molar-refractivity contribution in [1.82, 2.24) is 4.90 Å². The number of hydrogen-bond acceptors (Lipinski definition) is 4. The van der Waals surface area contributed by atoms with Crippen molar-refractivity contribution in [3.8, 4) is 0 Å². The topological polar surface area (TPSA) is 66.8 Å². The average Bonchev–Trinajstić information content (AvgIpc) is 3.18. The van der Waals surface area contributed by atoms with E-state index in [0.29, 0.717) is 5.56 Å². The first-order chi connectivity index (χ1) is 15.9. The first kappa shape index (κ1) is 22.7. The van der Waals surface area contributed by atoms with Crippen molar-refractivity contribution in [3.05, 3.63) is 108 Å². The number of imide groups is 1. The molecular formula is C28H29NO4. The number of nitrogens with zero attached hydrogens (tertiary/aromatic N) is 1. The van der Waals surface area contributed by atoms with Gasteiger partial charge in [0.15, 0.2) is 5.60 Å². The molecule has 170 valence electrons. The van der Waals surface area contributed by atoms with Crippen LogP contribution in [-0.4, -0.2) is 28.0 Å². The Morgan fingerprint density at radius 2 is 1.30 bits per heavy atom. The van der Waals surface area contributed by atoms with Crippen molar-refractivity contribution < 1.29 is 19.4 Å². The SMILES string of the molecule is CC(C)[C@@H]1N(C(=O)[C@H](C)[C@H](O)c2ccccc2)C(=O)OC1(c1ccccc1)c1ccccc1. The predicted octanol–water partition coefficient (Wildman–Crippen LogP) is 5.30. The summed E-state index contributed by atoms with van der Waals surface area (Å²) >= 11 is 0. The highest BCUT2D eigenvalue weighted by molar-refractivity contribution is 5.96. The van der Waals surface area contributed by atoms with Crippen LogP contribution in [0.3, 0.4) is 0 Å². The highest BCUT2D eigenvalue weighted by atomic mass is 16.6. The number of ether oxygens (including phenoxy) is 1. The average molecular weight is 444 g/mol. The van der Waals surface area contributed by atoms with Crippen LogP contribution in [0.5, 0.6) is 0 Å². The molecule has 3 aromatic carbocycles. The van der Waals surface area contributed by atoms with Gasteiger partial charge in [0.1, 0.15) is 0 Å². The van der Waals surface area contributed by atoms with Gasteiger partial charge in [-0.3, -0.25) is 4.79 Å². The van der Waals surface area contributed by atoms with Crippen molar-refractivity contribution in [2.75, 3.05) is 0 Å². The molecule has 3 atom stereocenters. The molecule has 0 unspecified atom stereocenters. The Kier molecular flexibility index (Phi) is 6.34. The number of aliphatic hydroxyl groups excluding tert-OH is 1. The minimum atomic E-state index is -1.15. The minimum Gasteiger partial charge on any atom is -0.430 e. The lowest BCUT2D eigenvalue weighted by atomic mass is 9.75. The van der Waals surface area contributed by atoms with Gasteiger partial charge in [0, 0.05) is 11.1 Å². The van der Waals surface area contributed by atoms with E-state index in [9.17, 15) is 14.7 Å². The van der Waals surface area contributed by atoms with Crippen LogP contribution < -0.4 is 0 Å². The van der Waals surface area contributed by atoms with Gasteiger partial charge in [0.05, 0.1) is 18.1 Å².